The average Bonchev–Trinajstić information content (AvgIpc) is 2.66. The van der Waals surface area contributed by atoms with Crippen LogP contribution in [0.25, 0.3) is 0 Å². The van der Waals surface area contributed by atoms with E-state index in [0.717, 1.165) is 0 Å². The van der Waals surface area contributed by atoms with Crippen LogP contribution in [0.5, 0.6) is 0 Å². The Hall–Kier alpha value is -2.87. The third-order valence-electron chi connectivity index (χ3n) is 3.66. The maximum Gasteiger partial charge on any atom is 0.340 e. The van der Waals surface area contributed by atoms with Crippen molar-refractivity contribution in [2.24, 2.45) is 0 Å². The molecule has 2 rings (SSSR count). The van der Waals surface area contributed by atoms with Gasteiger partial charge in [-0.25, -0.2) is 9.18 Å². The Morgan fingerprint density at radius 1 is 1.07 bits per heavy atom. The van der Waals surface area contributed by atoms with E-state index in [1.54, 1.807) is 24.3 Å². The Bertz CT molecular complexity index is 888. The molecule has 0 spiro atoms. The largest absolute Gasteiger partial charge is 0.449 e. The molecular formula is C21H23FN2O4S. The summed E-state index contributed by atoms with van der Waals surface area (Å²) >= 11 is 1.21. The van der Waals surface area contributed by atoms with Crippen molar-refractivity contribution in [2.75, 3.05) is 11.1 Å². The van der Waals surface area contributed by atoms with E-state index in [-0.39, 0.29) is 29.0 Å². The normalized spacial score (nSPS) is 11.6. The van der Waals surface area contributed by atoms with Crippen LogP contribution in [0.2, 0.25) is 0 Å². The van der Waals surface area contributed by atoms with Crippen molar-refractivity contribution >= 4 is 35.2 Å². The van der Waals surface area contributed by atoms with E-state index < -0.39 is 23.8 Å². The van der Waals surface area contributed by atoms with Crippen molar-refractivity contribution in [3.63, 3.8) is 0 Å². The van der Waals surface area contributed by atoms with Crippen LogP contribution in [0.1, 0.15) is 31.1 Å². The highest BCUT2D eigenvalue weighted by Gasteiger charge is 2.21. The van der Waals surface area contributed by atoms with Gasteiger partial charge in [0.05, 0.1) is 11.3 Å². The quantitative estimate of drug-likeness (QED) is 0.505. The van der Waals surface area contributed by atoms with Gasteiger partial charge >= 0.3 is 5.97 Å². The molecule has 0 bridgehead atoms. The van der Waals surface area contributed by atoms with Gasteiger partial charge in [-0.05, 0) is 51.1 Å². The van der Waals surface area contributed by atoms with Crippen LogP contribution in [-0.2, 0) is 14.3 Å². The topological polar surface area (TPSA) is 84.5 Å². The fourth-order valence-electron chi connectivity index (χ4n) is 2.36. The number of esters is 1. The number of halogens is 1. The fraction of sp³-hybridized carbons (Fsp3) is 0.286. The number of rotatable bonds is 8. The summed E-state index contributed by atoms with van der Waals surface area (Å²) in [5.41, 5.74) is 0.533. The number of hydrogen-bond donors (Lipinski definition) is 2. The minimum Gasteiger partial charge on any atom is -0.449 e. The van der Waals surface area contributed by atoms with Crippen molar-refractivity contribution in [3.8, 4) is 0 Å². The van der Waals surface area contributed by atoms with Gasteiger partial charge in [0.15, 0.2) is 6.10 Å². The summed E-state index contributed by atoms with van der Waals surface area (Å²) < 4.78 is 18.5. The van der Waals surface area contributed by atoms with Gasteiger partial charge < -0.3 is 15.4 Å². The highest BCUT2D eigenvalue weighted by atomic mass is 32.2. The molecule has 2 amide bonds. The zero-order valence-corrected chi connectivity index (χ0v) is 17.2. The van der Waals surface area contributed by atoms with Crippen LogP contribution in [0.3, 0.4) is 0 Å². The van der Waals surface area contributed by atoms with Gasteiger partial charge in [-0.1, -0.05) is 18.2 Å². The number of hydrogen-bond acceptors (Lipinski definition) is 5. The van der Waals surface area contributed by atoms with Gasteiger partial charge in [-0.3, -0.25) is 9.59 Å². The first-order valence-corrected chi connectivity index (χ1v) is 10.0. The highest BCUT2D eigenvalue weighted by molar-refractivity contribution is 8.00. The van der Waals surface area contributed by atoms with Gasteiger partial charge in [0.1, 0.15) is 5.82 Å². The number of nitrogens with one attached hydrogen (secondary N) is 2. The van der Waals surface area contributed by atoms with Crippen LogP contribution < -0.4 is 10.6 Å². The summed E-state index contributed by atoms with van der Waals surface area (Å²) in [6.07, 6.45) is -1.09. The third-order valence-corrected chi connectivity index (χ3v) is 4.73. The van der Waals surface area contributed by atoms with Gasteiger partial charge in [-0.15, -0.1) is 11.8 Å². The third kappa shape index (κ3) is 7.23. The number of ether oxygens (including phenoxy) is 1. The summed E-state index contributed by atoms with van der Waals surface area (Å²) in [5, 5.41) is 5.28. The van der Waals surface area contributed by atoms with Gasteiger partial charge in [-0.2, -0.15) is 0 Å². The number of thioether (sulfide) groups is 1. The predicted molar refractivity (Wildman–Crippen MR) is 110 cm³/mol. The first-order chi connectivity index (χ1) is 13.8. The molecule has 0 saturated heterocycles. The molecule has 0 saturated carbocycles. The molecule has 29 heavy (non-hydrogen) atoms. The van der Waals surface area contributed by atoms with Crippen LogP contribution >= 0.6 is 11.8 Å². The summed E-state index contributed by atoms with van der Waals surface area (Å²) in [4.78, 5) is 37.2. The van der Waals surface area contributed by atoms with E-state index in [9.17, 15) is 18.8 Å². The zero-order valence-electron chi connectivity index (χ0n) is 16.4. The molecule has 6 nitrogen and oxygen atoms in total. The molecule has 154 valence electrons. The number of benzene rings is 2. The van der Waals surface area contributed by atoms with Crippen LogP contribution in [0.4, 0.5) is 10.1 Å². The van der Waals surface area contributed by atoms with Crippen LogP contribution in [0, 0.1) is 5.82 Å². The molecule has 8 heteroatoms. The smallest absolute Gasteiger partial charge is 0.340 e. The zero-order chi connectivity index (χ0) is 21.4. The maximum atomic E-state index is 13.2. The van der Waals surface area contributed by atoms with Gasteiger partial charge in [0.2, 0.25) is 5.91 Å². The molecule has 0 radical (unpaired) electrons. The predicted octanol–water partition coefficient (Wildman–Crippen LogP) is 3.63. The Morgan fingerprint density at radius 2 is 1.79 bits per heavy atom. The van der Waals surface area contributed by atoms with E-state index in [1.165, 1.54) is 43.0 Å². The molecule has 0 fully saturated rings. The molecule has 1 atom stereocenters. The average molecular weight is 418 g/mol. The van der Waals surface area contributed by atoms with E-state index in [2.05, 4.69) is 10.6 Å². The maximum absolute atomic E-state index is 13.2. The molecule has 2 aromatic rings. The van der Waals surface area contributed by atoms with Crippen molar-refractivity contribution in [2.45, 2.75) is 37.8 Å². The molecule has 0 unspecified atom stereocenters. The summed E-state index contributed by atoms with van der Waals surface area (Å²) in [7, 11) is 0. The molecule has 2 aromatic carbocycles. The van der Waals surface area contributed by atoms with E-state index in [0.29, 0.717) is 4.90 Å². The Morgan fingerprint density at radius 3 is 2.48 bits per heavy atom. The van der Waals surface area contributed by atoms with Crippen molar-refractivity contribution in [1.29, 1.82) is 0 Å². The van der Waals surface area contributed by atoms with Crippen molar-refractivity contribution < 1.29 is 23.5 Å². The summed E-state index contributed by atoms with van der Waals surface area (Å²) in [5.74, 6) is -1.74. The Kier molecular flexibility index (Phi) is 8.21. The molecule has 0 aliphatic rings. The van der Waals surface area contributed by atoms with Crippen LogP contribution in [-0.4, -0.2) is 35.7 Å². The Labute approximate surface area is 173 Å². The first kappa shape index (κ1) is 22.4. The minimum atomic E-state index is -1.09. The molecule has 0 aliphatic carbocycles. The molecule has 2 N–H and O–H groups in total. The lowest BCUT2D eigenvalue weighted by molar-refractivity contribution is -0.123. The standard InChI is InChI=1S/C21H23FN2O4S/c1-13(2)23-19(25)12-29-18-10-5-4-9-17(18)21(27)28-14(3)20(26)24-16-8-6-7-15(22)11-16/h4-11,13-14H,12H2,1-3H3,(H,23,25)(H,24,26)/t14-/m1/s1. The molecular weight excluding hydrogens is 395 g/mol. The second-order valence-corrected chi connectivity index (χ2v) is 7.57. The number of carbonyl (C=O) groups excluding carboxylic acids is 3. The molecule has 0 aromatic heterocycles. The van der Waals surface area contributed by atoms with Crippen LogP contribution in [0.15, 0.2) is 53.4 Å². The highest BCUT2D eigenvalue weighted by Crippen LogP contribution is 2.23. The fourth-order valence-corrected chi connectivity index (χ4v) is 3.21. The van der Waals surface area contributed by atoms with Gasteiger partial charge in [0.25, 0.3) is 5.91 Å². The van der Waals surface area contributed by atoms with E-state index in [1.807, 2.05) is 13.8 Å². The summed E-state index contributed by atoms with van der Waals surface area (Å²) in [6, 6.07) is 12.2. The molecule has 0 aliphatic heterocycles. The molecule has 0 heterocycles. The lowest BCUT2D eigenvalue weighted by Gasteiger charge is -2.15. The van der Waals surface area contributed by atoms with Crippen molar-refractivity contribution in [3.05, 3.63) is 59.9 Å². The number of anilines is 1. The number of amides is 2. The SMILES string of the molecule is CC(C)NC(=O)CSc1ccccc1C(=O)O[C@H](C)C(=O)Nc1cccc(F)c1. The Balaban J connectivity index is 1.99. The number of carbonyl (C=O) groups is 3. The monoisotopic (exact) mass is 418 g/mol. The van der Waals surface area contributed by atoms with E-state index >= 15 is 0 Å². The van der Waals surface area contributed by atoms with Gasteiger partial charge in [0, 0.05) is 16.6 Å². The summed E-state index contributed by atoms with van der Waals surface area (Å²) in [6.45, 7) is 5.16. The lowest BCUT2D eigenvalue weighted by Crippen LogP contribution is -2.31. The first-order valence-electron chi connectivity index (χ1n) is 9.05. The minimum absolute atomic E-state index is 0.0285. The second kappa shape index (κ2) is 10.6. The van der Waals surface area contributed by atoms with Crippen molar-refractivity contribution in [1.82, 2.24) is 5.32 Å². The lowest BCUT2D eigenvalue weighted by atomic mass is 10.2. The second-order valence-electron chi connectivity index (χ2n) is 6.55. The van der Waals surface area contributed by atoms with E-state index in [4.69, 9.17) is 4.74 Å².